The topological polar surface area (TPSA) is 101 Å². The molecule has 0 saturated carbocycles. The maximum Gasteiger partial charge on any atom is 0.300 e. The van der Waals surface area contributed by atoms with Gasteiger partial charge in [0, 0.05) is 23.4 Å². The number of carbonyl (C=O) groups is 2. The first kappa shape index (κ1) is 26.8. The summed E-state index contributed by atoms with van der Waals surface area (Å²) in [7, 11) is 0. The minimum Gasteiger partial charge on any atom is -0.507 e. The van der Waals surface area contributed by atoms with Crippen LogP contribution in [0.2, 0.25) is 0 Å². The van der Waals surface area contributed by atoms with E-state index in [2.05, 4.69) is 41.5 Å². The lowest BCUT2D eigenvalue weighted by molar-refractivity contribution is -0.384. The van der Waals surface area contributed by atoms with Crippen LogP contribution in [0, 0.1) is 10.1 Å². The molecule has 0 bridgehead atoms. The highest BCUT2D eigenvalue weighted by atomic mass is 16.6. The summed E-state index contributed by atoms with van der Waals surface area (Å²) in [5, 5.41) is 22.4. The van der Waals surface area contributed by atoms with E-state index in [9.17, 15) is 24.8 Å². The van der Waals surface area contributed by atoms with Crippen molar-refractivity contribution in [3.05, 3.63) is 111 Å². The van der Waals surface area contributed by atoms with Gasteiger partial charge in [-0.05, 0) is 51.8 Å². The van der Waals surface area contributed by atoms with E-state index in [0.29, 0.717) is 11.3 Å². The van der Waals surface area contributed by atoms with Crippen molar-refractivity contribution in [3.63, 3.8) is 0 Å². The van der Waals surface area contributed by atoms with E-state index >= 15 is 0 Å². The molecule has 1 saturated heterocycles. The van der Waals surface area contributed by atoms with Gasteiger partial charge < -0.3 is 5.11 Å². The van der Waals surface area contributed by atoms with Crippen LogP contribution in [-0.2, 0) is 20.4 Å². The molecule has 3 aromatic carbocycles. The monoisotopic (exact) mass is 512 g/mol. The van der Waals surface area contributed by atoms with Crippen molar-refractivity contribution in [2.24, 2.45) is 0 Å². The lowest BCUT2D eigenvalue weighted by Crippen LogP contribution is -2.29. The molecule has 1 unspecified atom stereocenters. The van der Waals surface area contributed by atoms with Gasteiger partial charge in [0.05, 0.1) is 16.5 Å². The van der Waals surface area contributed by atoms with Gasteiger partial charge in [-0.2, -0.15) is 0 Å². The predicted molar refractivity (Wildman–Crippen MR) is 148 cm³/mol. The summed E-state index contributed by atoms with van der Waals surface area (Å²) in [6.45, 7) is 12.6. The number of rotatable bonds is 4. The van der Waals surface area contributed by atoms with Crippen LogP contribution in [0.5, 0.6) is 0 Å². The Morgan fingerprint density at radius 2 is 1.26 bits per heavy atom. The van der Waals surface area contributed by atoms with Gasteiger partial charge in [0.15, 0.2) is 0 Å². The first-order valence-corrected chi connectivity index (χ1v) is 12.5. The summed E-state index contributed by atoms with van der Waals surface area (Å²) in [6, 6.07) is 19.5. The molecule has 38 heavy (non-hydrogen) atoms. The van der Waals surface area contributed by atoms with Gasteiger partial charge in [-0.25, -0.2) is 0 Å². The normalized spacial score (nSPS) is 17.6. The molecule has 7 heteroatoms. The van der Waals surface area contributed by atoms with E-state index in [1.165, 1.54) is 29.2 Å². The van der Waals surface area contributed by atoms with E-state index in [1.807, 2.05) is 48.5 Å². The Bertz CT molecular complexity index is 1420. The highest BCUT2D eigenvalue weighted by Gasteiger charge is 2.47. The zero-order valence-corrected chi connectivity index (χ0v) is 22.5. The fourth-order valence-electron chi connectivity index (χ4n) is 4.60. The zero-order chi connectivity index (χ0) is 28.0. The molecular formula is C31H32N2O5. The van der Waals surface area contributed by atoms with Crippen LogP contribution in [0.4, 0.5) is 11.4 Å². The zero-order valence-electron chi connectivity index (χ0n) is 22.5. The molecule has 1 fully saturated rings. The van der Waals surface area contributed by atoms with Crippen LogP contribution >= 0.6 is 0 Å². The third kappa shape index (κ3) is 4.96. The molecule has 0 aliphatic carbocycles. The summed E-state index contributed by atoms with van der Waals surface area (Å²) < 4.78 is 0. The van der Waals surface area contributed by atoms with Crippen molar-refractivity contribution in [1.82, 2.24) is 0 Å². The van der Waals surface area contributed by atoms with Gasteiger partial charge in [-0.3, -0.25) is 24.6 Å². The predicted octanol–water partition coefficient (Wildman–Crippen LogP) is 6.82. The van der Waals surface area contributed by atoms with Gasteiger partial charge >= 0.3 is 0 Å². The van der Waals surface area contributed by atoms with Crippen molar-refractivity contribution >= 4 is 28.8 Å². The van der Waals surface area contributed by atoms with E-state index < -0.39 is 22.7 Å². The summed E-state index contributed by atoms with van der Waals surface area (Å²) >= 11 is 0. The molecule has 1 heterocycles. The Balaban J connectivity index is 1.89. The van der Waals surface area contributed by atoms with Gasteiger partial charge in [-0.1, -0.05) is 77.9 Å². The molecule has 0 aromatic heterocycles. The lowest BCUT2D eigenvalue weighted by atomic mass is 9.85. The van der Waals surface area contributed by atoms with E-state index in [1.54, 1.807) is 0 Å². The summed E-state index contributed by atoms with van der Waals surface area (Å²) in [5.41, 5.74) is 3.19. The Morgan fingerprint density at radius 3 is 1.71 bits per heavy atom. The Kier molecular flexibility index (Phi) is 6.74. The average Bonchev–Trinajstić information content (AvgIpc) is 3.13. The minimum atomic E-state index is -0.875. The standard InChI is InChI=1S/C31H32N2O5/c1-30(2,3)21-11-7-19(8-12-21)26-25(27(34)20-9-15-24(16-10-20)33(37)38)28(35)29(36)32(26)23-17-13-22(14-18-23)31(4,5)6/h7-18,26,34H,1-6H3/b27-25-. The number of hydrogen-bond donors (Lipinski definition) is 1. The number of aliphatic hydroxyl groups excluding tert-OH is 1. The number of anilines is 1. The van der Waals surface area contributed by atoms with Crippen molar-refractivity contribution in [2.75, 3.05) is 4.90 Å². The number of ketones is 1. The molecule has 1 aliphatic heterocycles. The summed E-state index contributed by atoms with van der Waals surface area (Å²) in [6.07, 6.45) is 0. The number of nitrogens with zero attached hydrogens (tertiary/aromatic N) is 2. The molecule has 1 amide bonds. The number of nitro benzene ring substituents is 1. The second-order valence-electron chi connectivity index (χ2n) is 11.6. The van der Waals surface area contributed by atoms with Gasteiger partial charge in [0.2, 0.25) is 0 Å². The second kappa shape index (κ2) is 9.56. The number of non-ortho nitro benzene ring substituents is 1. The van der Waals surface area contributed by atoms with Crippen molar-refractivity contribution in [3.8, 4) is 0 Å². The van der Waals surface area contributed by atoms with E-state index in [-0.39, 0.29) is 33.4 Å². The van der Waals surface area contributed by atoms with Crippen molar-refractivity contribution in [1.29, 1.82) is 0 Å². The smallest absolute Gasteiger partial charge is 0.300 e. The molecule has 1 atom stereocenters. The molecular weight excluding hydrogens is 480 g/mol. The number of carbonyl (C=O) groups excluding carboxylic acids is 2. The SMILES string of the molecule is CC(C)(C)c1ccc(C2/C(=C(/O)c3ccc([N+](=O)[O-])cc3)C(=O)C(=O)N2c2ccc(C(C)(C)C)cc2)cc1. The van der Waals surface area contributed by atoms with Crippen LogP contribution in [0.15, 0.2) is 78.4 Å². The molecule has 3 aromatic rings. The first-order chi connectivity index (χ1) is 17.7. The van der Waals surface area contributed by atoms with Gasteiger partial charge in [0.25, 0.3) is 17.4 Å². The molecule has 4 rings (SSSR count). The van der Waals surface area contributed by atoms with Crippen LogP contribution in [-0.4, -0.2) is 21.7 Å². The van der Waals surface area contributed by atoms with Crippen molar-refractivity contribution in [2.45, 2.75) is 58.4 Å². The van der Waals surface area contributed by atoms with Crippen LogP contribution in [0.3, 0.4) is 0 Å². The van der Waals surface area contributed by atoms with Crippen LogP contribution in [0.1, 0.15) is 69.8 Å². The van der Waals surface area contributed by atoms with Crippen molar-refractivity contribution < 1.29 is 19.6 Å². The summed E-state index contributed by atoms with van der Waals surface area (Å²) in [5.74, 6) is -1.94. The molecule has 1 aliphatic rings. The van der Waals surface area contributed by atoms with E-state index in [0.717, 1.165) is 11.1 Å². The fourth-order valence-corrected chi connectivity index (χ4v) is 4.60. The quantitative estimate of drug-likeness (QED) is 0.136. The third-order valence-electron chi connectivity index (χ3n) is 6.90. The maximum atomic E-state index is 13.4. The molecule has 0 spiro atoms. The first-order valence-electron chi connectivity index (χ1n) is 12.5. The molecule has 196 valence electrons. The summed E-state index contributed by atoms with van der Waals surface area (Å²) in [4.78, 5) is 38.8. The number of aliphatic hydroxyl groups is 1. The second-order valence-corrected chi connectivity index (χ2v) is 11.6. The fraction of sp³-hybridized carbons (Fsp3) is 0.290. The molecule has 7 nitrogen and oxygen atoms in total. The number of hydrogen-bond acceptors (Lipinski definition) is 5. The average molecular weight is 513 g/mol. The number of nitro groups is 1. The number of amides is 1. The molecule has 1 N–H and O–H groups in total. The lowest BCUT2D eigenvalue weighted by Gasteiger charge is -2.27. The van der Waals surface area contributed by atoms with Crippen LogP contribution in [0.25, 0.3) is 5.76 Å². The largest absolute Gasteiger partial charge is 0.507 e. The maximum absolute atomic E-state index is 13.4. The Hall–Kier alpha value is -4.26. The third-order valence-corrected chi connectivity index (χ3v) is 6.90. The van der Waals surface area contributed by atoms with Gasteiger partial charge in [0.1, 0.15) is 5.76 Å². The number of Topliss-reactive ketones (excluding diaryl/α,β-unsaturated/α-hetero) is 1. The Morgan fingerprint density at radius 1 is 0.789 bits per heavy atom. The minimum absolute atomic E-state index is 0.0627. The van der Waals surface area contributed by atoms with E-state index in [4.69, 9.17) is 0 Å². The highest BCUT2D eigenvalue weighted by molar-refractivity contribution is 6.51. The highest BCUT2D eigenvalue weighted by Crippen LogP contribution is 2.43. The van der Waals surface area contributed by atoms with Crippen LogP contribution < -0.4 is 4.90 Å². The van der Waals surface area contributed by atoms with Gasteiger partial charge in [-0.15, -0.1) is 0 Å². The number of benzene rings is 3. The Labute approximate surface area is 222 Å². The molecule has 0 radical (unpaired) electrons.